The van der Waals surface area contributed by atoms with Crippen LogP contribution in [0.25, 0.3) is 10.8 Å². The van der Waals surface area contributed by atoms with Gasteiger partial charge in [-0.2, -0.15) is 0 Å². The average molecular weight is 348 g/mol. The summed E-state index contributed by atoms with van der Waals surface area (Å²) >= 11 is 0. The van der Waals surface area contributed by atoms with E-state index in [2.05, 4.69) is 12.1 Å². The Hall–Kier alpha value is -3.14. The molecule has 0 aliphatic heterocycles. The van der Waals surface area contributed by atoms with Crippen LogP contribution in [0, 0.1) is 0 Å². The Morgan fingerprint density at radius 1 is 0.923 bits per heavy atom. The van der Waals surface area contributed by atoms with E-state index in [0.29, 0.717) is 5.56 Å². The minimum absolute atomic E-state index is 0.232. The van der Waals surface area contributed by atoms with Crippen LogP contribution in [0.1, 0.15) is 28.4 Å². The summed E-state index contributed by atoms with van der Waals surface area (Å²) in [7, 11) is 1.62. The molecule has 132 valence electrons. The molecule has 0 bridgehead atoms. The van der Waals surface area contributed by atoms with Crippen molar-refractivity contribution in [1.82, 2.24) is 0 Å². The van der Waals surface area contributed by atoms with Crippen molar-refractivity contribution in [2.45, 2.75) is 13.3 Å². The van der Waals surface area contributed by atoms with Gasteiger partial charge in [0.25, 0.3) is 0 Å². The fourth-order valence-electron chi connectivity index (χ4n) is 3.07. The predicted octanol–water partition coefficient (Wildman–Crippen LogP) is 4.19. The van der Waals surface area contributed by atoms with Gasteiger partial charge in [0.1, 0.15) is 5.75 Å². The molecule has 0 heterocycles. The quantitative estimate of drug-likeness (QED) is 0.495. The Morgan fingerprint density at radius 2 is 1.69 bits per heavy atom. The van der Waals surface area contributed by atoms with E-state index < -0.39 is 5.97 Å². The standard InChI is InChI=1S/C22H20O4/c1-15(23)26-14-20(24)18-11-12-21(25-2)22-17(9-6-10-19(18)22)13-16-7-4-3-5-8-16/h3-12H,13-14H2,1-2H3. The predicted molar refractivity (Wildman–Crippen MR) is 101 cm³/mol. The van der Waals surface area contributed by atoms with Crippen molar-refractivity contribution in [3.05, 3.63) is 77.4 Å². The molecule has 0 aromatic heterocycles. The molecule has 0 radical (unpaired) electrons. The molecule has 0 unspecified atom stereocenters. The van der Waals surface area contributed by atoms with Crippen LogP contribution in [0.3, 0.4) is 0 Å². The smallest absolute Gasteiger partial charge is 0.303 e. The molecule has 26 heavy (non-hydrogen) atoms. The number of fused-ring (bicyclic) bond motifs is 1. The van der Waals surface area contributed by atoms with Crippen molar-refractivity contribution in [2.24, 2.45) is 0 Å². The van der Waals surface area contributed by atoms with Gasteiger partial charge in [0.2, 0.25) is 5.78 Å². The average Bonchev–Trinajstić information content (AvgIpc) is 2.66. The molecule has 3 rings (SSSR count). The van der Waals surface area contributed by atoms with Gasteiger partial charge in [0, 0.05) is 17.9 Å². The van der Waals surface area contributed by atoms with Gasteiger partial charge < -0.3 is 9.47 Å². The van der Waals surface area contributed by atoms with Crippen molar-refractivity contribution < 1.29 is 19.1 Å². The highest BCUT2D eigenvalue weighted by molar-refractivity contribution is 6.11. The summed E-state index contributed by atoms with van der Waals surface area (Å²) in [5.41, 5.74) is 2.78. The number of carbonyl (C=O) groups excluding carboxylic acids is 2. The zero-order chi connectivity index (χ0) is 18.5. The number of benzene rings is 3. The number of esters is 1. The third-order valence-electron chi connectivity index (χ3n) is 4.25. The van der Waals surface area contributed by atoms with E-state index in [-0.39, 0.29) is 12.4 Å². The number of ether oxygens (including phenoxy) is 2. The van der Waals surface area contributed by atoms with Gasteiger partial charge in [-0.1, -0.05) is 48.5 Å². The van der Waals surface area contributed by atoms with Gasteiger partial charge >= 0.3 is 5.97 Å². The van der Waals surface area contributed by atoms with Crippen molar-refractivity contribution in [2.75, 3.05) is 13.7 Å². The normalized spacial score (nSPS) is 10.5. The van der Waals surface area contributed by atoms with Gasteiger partial charge in [0.15, 0.2) is 6.61 Å². The first-order chi connectivity index (χ1) is 12.6. The van der Waals surface area contributed by atoms with Crippen LogP contribution in [0.2, 0.25) is 0 Å². The molecular weight excluding hydrogens is 328 g/mol. The fourth-order valence-corrected chi connectivity index (χ4v) is 3.07. The molecule has 4 heteroatoms. The highest BCUT2D eigenvalue weighted by atomic mass is 16.5. The molecule has 3 aromatic rings. The van der Waals surface area contributed by atoms with Crippen LogP contribution in [-0.2, 0) is 16.0 Å². The van der Waals surface area contributed by atoms with Gasteiger partial charge in [0.05, 0.1) is 7.11 Å². The lowest BCUT2D eigenvalue weighted by Gasteiger charge is -2.14. The molecule has 0 aliphatic rings. The fraction of sp³-hybridized carbons (Fsp3) is 0.182. The summed E-state index contributed by atoms with van der Waals surface area (Å²) in [5, 5.41) is 1.71. The third kappa shape index (κ3) is 3.75. The summed E-state index contributed by atoms with van der Waals surface area (Å²) in [6.45, 7) is 1.02. The lowest BCUT2D eigenvalue weighted by Crippen LogP contribution is -2.12. The van der Waals surface area contributed by atoms with E-state index in [1.807, 2.05) is 36.4 Å². The molecular formula is C22H20O4. The first-order valence-corrected chi connectivity index (χ1v) is 8.39. The van der Waals surface area contributed by atoms with Crippen molar-refractivity contribution in [3.8, 4) is 5.75 Å². The lowest BCUT2D eigenvalue weighted by molar-refractivity contribution is -0.139. The van der Waals surface area contributed by atoms with Crippen LogP contribution >= 0.6 is 0 Å². The maximum atomic E-state index is 12.5. The summed E-state index contributed by atoms with van der Waals surface area (Å²) in [6.07, 6.45) is 0.732. The van der Waals surface area contributed by atoms with Gasteiger partial charge in [-0.3, -0.25) is 9.59 Å². The maximum absolute atomic E-state index is 12.5. The topological polar surface area (TPSA) is 52.6 Å². The number of carbonyl (C=O) groups is 2. The monoisotopic (exact) mass is 348 g/mol. The maximum Gasteiger partial charge on any atom is 0.303 e. The van der Waals surface area contributed by atoms with Crippen LogP contribution in [0.15, 0.2) is 60.7 Å². The van der Waals surface area contributed by atoms with Gasteiger partial charge in [-0.15, -0.1) is 0 Å². The molecule has 0 spiro atoms. The highest BCUT2D eigenvalue weighted by Gasteiger charge is 2.16. The molecule has 0 aliphatic carbocycles. The van der Waals surface area contributed by atoms with Gasteiger partial charge in [-0.05, 0) is 35.1 Å². The minimum Gasteiger partial charge on any atom is -0.496 e. The molecule has 0 saturated carbocycles. The molecule has 0 atom stereocenters. The Labute approximate surface area is 152 Å². The minimum atomic E-state index is -0.471. The van der Waals surface area contributed by atoms with E-state index in [1.165, 1.54) is 12.5 Å². The van der Waals surface area contributed by atoms with E-state index >= 15 is 0 Å². The number of Topliss-reactive ketones (excluding diaryl/α,β-unsaturated/α-hetero) is 1. The zero-order valence-corrected chi connectivity index (χ0v) is 14.8. The molecule has 0 fully saturated rings. The van der Waals surface area contributed by atoms with Crippen molar-refractivity contribution in [1.29, 1.82) is 0 Å². The zero-order valence-electron chi connectivity index (χ0n) is 14.8. The molecule has 0 amide bonds. The number of ketones is 1. The van der Waals surface area contributed by atoms with Crippen LogP contribution in [-0.4, -0.2) is 25.5 Å². The van der Waals surface area contributed by atoms with Crippen LogP contribution < -0.4 is 4.74 Å². The number of rotatable bonds is 6. The summed E-state index contributed by atoms with van der Waals surface area (Å²) in [4.78, 5) is 23.5. The van der Waals surface area contributed by atoms with Crippen molar-refractivity contribution in [3.63, 3.8) is 0 Å². The summed E-state index contributed by atoms with van der Waals surface area (Å²) in [6, 6.07) is 19.5. The number of hydrogen-bond acceptors (Lipinski definition) is 4. The van der Waals surface area contributed by atoms with Crippen LogP contribution in [0.5, 0.6) is 5.75 Å². The first-order valence-electron chi connectivity index (χ1n) is 8.39. The van der Waals surface area contributed by atoms with Gasteiger partial charge in [-0.25, -0.2) is 0 Å². The van der Waals surface area contributed by atoms with Crippen LogP contribution in [0.4, 0.5) is 0 Å². The van der Waals surface area contributed by atoms with E-state index in [0.717, 1.165) is 28.5 Å². The number of hydrogen-bond donors (Lipinski definition) is 0. The Balaban J connectivity index is 2.08. The van der Waals surface area contributed by atoms with E-state index in [1.54, 1.807) is 19.2 Å². The van der Waals surface area contributed by atoms with E-state index in [4.69, 9.17) is 9.47 Å². The first kappa shape index (κ1) is 17.7. The Morgan fingerprint density at radius 3 is 2.38 bits per heavy atom. The largest absolute Gasteiger partial charge is 0.496 e. The third-order valence-corrected chi connectivity index (χ3v) is 4.25. The Kier molecular flexibility index (Phi) is 5.32. The molecule has 3 aromatic carbocycles. The summed E-state index contributed by atoms with van der Waals surface area (Å²) < 4.78 is 10.4. The highest BCUT2D eigenvalue weighted by Crippen LogP contribution is 2.33. The van der Waals surface area contributed by atoms with E-state index in [9.17, 15) is 9.59 Å². The Bertz CT molecular complexity index is 945. The molecule has 0 N–H and O–H groups in total. The summed E-state index contributed by atoms with van der Waals surface area (Å²) in [5.74, 6) is 0.0150. The SMILES string of the molecule is COc1ccc(C(=O)COC(C)=O)c2cccc(Cc3ccccc3)c12. The lowest BCUT2D eigenvalue weighted by atomic mass is 9.94. The van der Waals surface area contributed by atoms with Crippen molar-refractivity contribution >= 4 is 22.5 Å². The molecule has 0 saturated heterocycles. The second-order valence-electron chi connectivity index (χ2n) is 6.02. The molecule has 4 nitrogen and oxygen atoms in total. The second kappa shape index (κ2) is 7.83. The second-order valence-corrected chi connectivity index (χ2v) is 6.02. The number of methoxy groups -OCH3 is 1.